The maximum atomic E-state index is 12.7. The van der Waals surface area contributed by atoms with Crippen LogP contribution in [0.1, 0.15) is 10.4 Å². The molecule has 2 amide bonds. The Morgan fingerprint density at radius 3 is 2.46 bits per heavy atom. The summed E-state index contributed by atoms with van der Waals surface area (Å²) in [6.07, 6.45) is 2.05. The van der Waals surface area contributed by atoms with Crippen LogP contribution in [0, 0.1) is 0 Å². The van der Waals surface area contributed by atoms with Gasteiger partial charge in [0.25, 0.3) is 5.91 Å². The molecule has 7 heteroatoms. The second kappa shape index (κ2) is 11.2. The fourth-order valence-corrected chi connectivity index (χ4v) is 5.14. The number of nitrogens with zero attached hydrogens (tertiary/aromatic N) is 1. The summed E-state index contributed by atoms with van der Waals surface area (Å²) in [6.45, 7) is 1.12. The Kier molecular flexibility index (Phi) is 7.42. The number of carbonyl (C=O) groups is 2. The van der Waals surface area contributed by atoms with Crippen LogP contribution in [-0.2, 0) is 11.3 Å². The predicted octanol–water partition coefficient (Wildman–Crippen LogP) is 5.96. The first kappa shape index (κ1) is 24.5. The Hall–Kier alpha value is -4.23. The molecule has 0 saturated heterocycles. The molecule has 0 unspecified atom stereocenters. The van der Waals surface area contributed by atoms with Crippen molar-refractivity contribution in [1.29, 1.82) is 0 Å². The van der Waals surface area contributed by atoms with Crippen LogP contribution in [0.2, 0.25) is 0 Å². The highest BCUT2D eigenvalue weighted by Gasteiger charge is 2.12. The van der Waals surface area contributed by atoms with Crippen LogP contribution in [0.5, 0.6) is 5.75 Å². The Labute approximate surface area is 219 Å². The van der Waals surface area contributed by atoms with Gasteiger partial charge in [0.05, 0.1) is 12.9 Å². The van der Waals surface area contributed by atoms with Gasteiger partial charge >= 0.3 is 0 Å². The molecule has 5 rings (SSSR count). The van der Waals surface area contributed by atoms with Gasteiger partial charge in [-0.3, -0.25) is 9.59 Å². The van der Waals surface area contributed by atoms with Gasteiger partial charge < -0.3 is 19.9 Å². The van der Waals surface area contributed by atoms with Crippen molar-refractivity contribution in [1.82, 2.24) is 9.88 Å². The molecule has 0 aliphatic heterocycles. The number of hydrogen-bond acceptors (Lipinski definition) is 4. The lowest BCUT2D eigenvalue weighted by atomic mass is 10.1. The van der Waals surface area contributed by atoms with E-state index < -0.39 is 0 Å². The lowest BCUT2D eigenvalue weighted by Crippen LogP contribution is -2.27. The van der Waals surface area contributed by atoms with Crippen LogP contribution < -0.4 is 15.4 Å². The van der Waals surface area contributed by atoms with Crippen LogP contribution in [0.25, 0.3) is 21.7 Å². The summed E-state index contributed by atoms with van der Waals surface area (Å²) in [6, 6.07) is 29.1. The lowest BCUT2D eigenvalue weighted by Gasteiger charge is -2.08. The molecule has 0 aliphatic carbocycles. The summed E-state index contributed by atoms with van der Waals surface area (Å²) < 4.78 is 7.28. The molecule has 2 N–H and O–H groups in total. The van der Waals surface area contributed by atoms with E-state index in [1.165, 1.54) is 11.8 Å². The van der Waals surface area contributed by atoms with Gasteiger partial charge in [0.1, 0.15) is 5.75 Å². The Morgan fingerprint density at radius 1 is 0.892 bits per heavy atom. The maximum Gasteiger partial charge on any atom is 0.251 e. The Balaban J connectivity index is 1.20. The monoisotopic (exact) mass is 509 g/mol. The van der Waals surface area contributed by atoms with Gasteiger partial charge in [-0.2, -0.15) is 0 Å². The molecule has 0 aliphatic rings. The summed E-state index contributed by atoms with van der Waals surface area (Å²) in [5, 5.41) is 9.20. The zero-order chi connectivity index (χ0) is 25.6. The van der Waals surface area contributed by atoms with Crippen molar-refractivity contribution in [2.75, 3.05) is 24.7 Å². The van der Waals surface area contributed by atoms with E-state index in [9.17, 15) is 9.59 Å². The van der Waals surface area contributed by atoms with E-state index in [0.717, 1.165) is 38.0 Å². The van der Waals surface area contributed by atoms with Gasteiger partial charge in [0, 0.05) is 46.3 Å². The first-order valence-electron chi connectivity index (χ1n) is 12.0. The number of nitrogens with one attached hydrogen (secondary N) is 2. The zero-order valence-electron chi connectivity index (χ0n) is 20.4. The van der Waals surface area contributed by atoms with E-state index in [-0.39, 0.29) is 11.8 Å². The summed E-state index contributed by atoms with van der Waals surface area (Å²) in [5.74, 6) is 0.869. The SMILES string of the molecule is COc1ccc(NC(=O)CSc2cn(CCNC(=O)c3ccc4ccccc4c3)c3ccccc23)cc1. The number of thioether (sulfide) groups is 1. The first-order chi connectivity index (χ1) is 18.1. The summed E-state index contributed by atoms with van der Waals surface area (Å²) in [4.78, 5) is 26.3. The Bertz CT molecular complexity index is 1560. The maximum absolute atomic E-state index is 12.7. The third-order valence-electron chi connectivity index (χ3n) is 6.13. The van der Waals surface area contributed by atoms with Crippen molar-refractivity contribution < 1.29 is 14.3 Å². The second-order valence-corrected chi connectivity index (χ2v) is 9.60. The number of ether oxygens (including phenoxy) is 1. The molecule has 0 fully saturated rings. The number of anilines is 1. The molecule has 5 aromatic rings. The molecule has 0 atom stereocenters. The van der Waals surface area contributed by atoms with E-state index in [1.54, 1.807) is 7.11 Å². The molecular weight excluding hydrogens is 482 g/mol. The normalized spacial score (nSPS) is 10.9. The minimum atomic E-state index is -0.0907. The van der Waals surface area contributed by atoms with E-state index >= 15 is 0 Å². The molecule has 186 valence electrons. The van der Waals surface area contributed by atoms with Crippen LogP contribution in [0.15, 0.2) is 102 Å². The highest BCUT2D eigenvalue weighted by molar-refractivity contribution is 8.00. The molecule has 0 saturated carbocycles. The number of methoxy groups -OCH3 is 1. The van der Waals surface area contributed by atoms with Gasteiger partial charge in [-0.25, -0.2) is 0 Å². The minimum absolute atomic E-state index is 0.0744. The molecule has 6 nitrogen and oxygen atoms in total. The van der Waals surface area contributed by atoms with Crippen LogP contribution in [0.4, 0.5) is 5.69 Å². The molecule has 4 aromatic carbocycles. The van der Waals surface area contributed by atoms with E-state index in [2.05, 4.69) is 33.5 Å². The predicted molar refractivity (Wildman–Crippen MR) is 151 cm³/mol. The third kappa shape index (κ3) is 5.78. The number of hydrogen-bond donors (Lipinski definition) is 2. The summed E-state index contributed by atoms with van der Waals surface area (Å²) >= 11 is 1.50. The summed E-state index contributed by atoms with van der Waals surface area (Å²) in [7, 11) is 1.61. The highest BCUT2D eigenvalue weighted by Crippen LogP contribution is 2.30. The standard InChI is InChI=1S/C30H27N3O3S/c1-36-25-14-12-24(13-15-25)32-29(34)20-37-28-19-33(27-9-5-4-8-26(27)28)17-16-31-30(35)23-11-10-21-6-2-3-7-22(21)18-23/h2-15,18-19H,16-17,20H2,1H3,(H,31,35)(H,32,34). The van der Waals surface area contributed by atoms with Gasteiger partial charge in [0.15, 0.2) is 0 Å². The molecule has 0 spiro atoms. The quantitative estimate of drug-likeness (QED) is 0.240. The number of rotatable bonds is 9. The number of para-hydroxylation sites is 1. The van der Waals surface area contributed by atoms with Crippen LogP contribution in [-0.4, -0.2) is 35.8 Å². The molecular formula is C30H27N3O3S. The average molecular weight is 510 g/mol. The van der Waals surface area contributed by atoms with Gasteiger partial charge in [-0.15, -0.1) is 11.8 Å². The van der Waals surface area contributed by atoms with E-state index in [0.29, 0.717) is 24.4 Å². The van der Waals surface area contributed by atoms with E-state index in [1.807, 2.05) is 78.9 Å². The van der Waals surface area contributed by atoms with Gasteiger partial charge in [0.2, 0.25) is 5.91 Å². The van der Waals surface area contributed by atoms with Crippen LogP contribution in [0.3, 0.4) is 0 Å². The number of aromatic nitrogens is 1. The largest absolute Gasteiger partial charge is 0.497 e. The number of benzene rings is 4. The lowest BCUT2D eigenvalue weighted by molar-refractivity contribution is -0.113. The fraction of sp³-hybridized carbons (Fsp3) is 0.133. The molecule has 0 bridgehead atoms. The Morgan fingerprint density at radius 2 is 1.65 bits per heavy atom. The van der Waals surface area contributed by atoms with Gasteiger partial charge in [-0.1, -0.05) is 48.5 Å². The highest BCUT2D eigenvalue weighted by atomic mass is 32.2. The number of amides is 2. The van der Waals surface area contributed by atoms with Crippen molar-refractivity contribution >= 4 is 50.9 Å². The third-order valence-corrected chi connectivity index (χ3v) is 7.18. The minimum Gasteiger partial charge on any atom is -0.497 e. The second-order valence-electron chi connectivity index (χ2n) is 8.59. The smallest absolute Gasteiger partial charge is 0.251 e. The number of carbonyl (C=O) groups excluding carboxylic acids is 2. The fourth-order valence-electron chi connectivity index (χ4n) is 4.25. The zero-order valence-corrected chi connectivity index (χ0v) is 21.3. The molecule has 1 heterocycles. The van der Waals surface area contributed by atoms with Crippen molar-refractivity contribution in [3.05, 3.63) is 103 Å². The van der Waals surface area contributed by atoms with Crippen molar-refractivity contribution in [2.24, 2.45) is 0 Å². The van der Waals surface area contributed by atoms with Crippen molar-refractivity contribution in [3.63, 3.8) is 0 Å². The first-order valence-corrected chi connectivity index (χ1v) is 13.0. The molecule has 0 radical (unpaired) electrons. The topological polar surface area (TPSA) is 72.4 Å². The van der Waals surface area contributed by atoms with Crippen LogP contribution >= 0.6 is 11.8 Å². The van der Waals surface area contributed by atoms with E-state index in [4.69, 9.17) is 4.74 Å². The van der Waals surface area contributed by atoms with Gasteiger partial charge in [-0.05, 0) is 53.2 Å². The van der Waals surface area contributed by atoms with Crippen molar-refractivity contribution in [3.8, 4) is 5.75 Å². The summed E-state index contributed by atoms with van der Waals surface area (Å²) in [5.41, 5.74) is 2.45. The number of fused-ring (bicyclic) bond motifs is 2. The molecule has 37 heavy (non-hydrogen) atoms. The van der Waals surface area contributed by atoms with Crippen molar-refractivity contribution in [2.45, 2.75) is 11.4 Å². The average Bonchev–Trinajstić information content (AvgIpc) is 3.29. The molecule has 1 aromatic heterocycles.